The first-order chi connectivity index (χ1) is 9.60. The molecule has 0 saturated carbocycles. The van der Waals surface area contributed by atoms with E-state index in [-0.39, 0.29) is 5.91 Å². The number of nitrogens with one attached hydrogen (secondary N) is 1. The maximum atomic E-state index is 12.1. The van der Waals surface area contributed by atoms with Crippen LogP contribution >= 0.6 is 27.5 Å². The fourth-order valence-electron chi connectivity index (χ4n) is 1.84. The molecule has 0 aromatic heterocycles. The van der Waals surface area contributed by atoms with Gasteiger partial charge in [0.25, 0.3) is 5.91 Å². The topological polar surface area (TPSA) is 29.1 Å². The van der Waals surface area contributed by atoms with Crippen LogP contribution in [-0.4, -0.2) is 5.91 Å². The molecule has 2 nitrogen and oxygen atoms in total. The quantitative estimate of drug-likeness (QED) is 0.808. The summed E-state index contributed by atoms with van der Waals surface area (Å²) in [6.07, 6.45) is 0. The van der Waals surface area contributed by atoms with Gasteiger partial charge < -0.3 is 5.32 Å². The number of halogens is 2. The van der Waals surface area contributed by atoms with Crippen molar-refractivity contribution in [3.63, 3.8) is 0 Å². The molecular formula is C16H15BrClNO. The molecule has 0 aliphatic heterocycles. The monoisotopic (exact) mass is 351 g/mol. The van der Waals surface area contributed by atoms with Crippen LogP contribution in [0.25, 0.3) is 0 Å². The molecule has 2 rings (SSSR count). The van der Waals surface area contributed by atoms with Crippen molar-refractivity contribution in [2.24, 2.45) is 0 Å². The maximum absolute atomic E-state index is 12.1. The minimum Gasteiger partial charge on any atom is -0.348 e. The van der Waals surface area contributed by atoms with Crippen molar-refractivity contribution in [1.29, 1.82) is 0 Å². The number of carbonyl (C=O) groups is 1. The number of alkyl halides is 1. The van der Waals surface area contributed by atoms with Crippen LogP contribution in [-0.2, 0) is 11.9 Å². The highest BCUT2D eigenvalue weighted by Gasteiger charge is 2.07. The van der Waals surface area contributed by atoms with Crippen LogP contribution in [0.3, 0.4) is 0 Å². The summed E-state index contributed by atoms with van der Waals surface area (Å²) in [7, 11) is 0. The van der Waals surface area contributed by atoms with Gasteiger partial charge in [0.1, 0.15) is 0 Å². The zero-order valence-electron chi connectivity index (χ0n) is 11.1. The van der Waals surface area contributed by atoms with Crippen LogP contribution in [0.4, 0.5) is 0 Å². The van der Waals surface area contributed by atoms with E-state index in [1.807, 2.05) is 31.2 Å². The van der Waals surface area contributed by atoms with Gasteiger partial charge in [-0.25, -0.2) is 0 Å². The Balaban J connectivity index is 2.02. The highest BCUT2D eigenvalue weighted by atomic mass is 79.9. The van der Waals surface area contributed by atoms with Crippen molar-refractivity contribution in [1.82, 2.24) is 5.32 Å². The van der Waals surface area contributed by atoms with E-state index in [1.54, 1.807) is 12.1 Å². The second-order valence-corrected chi connectivity index (χ2v) is 5.57. The Bertz CT molecular complexity index is 628. The number of hydrogen-bond donors (Lipinski definition) is 1. The van der Waals surface area contributed by atoms with Gasteiger partial charge in [0, 0.05) is 22.5 Å². The number of benzene rings is 2. The van der Waals surface area contributed by atoms with E-state index >= 15 is 0 Å². The average molecular weight is 353 g/mol. The lowest BCUT2D eigenvalue weighted by Gasteiger charge is -2.07. The summed E-state index contributed by atoms with van der Waals surface area (Å²) in [6, 6.07) is 13.4. The van der Waals surface area contributed by atoms with E-state index in [0.29, 0.717) is 17.1 Å². The zero-order chi connectivity index (χ0) is 14.5. The van der Waals surface area contributed by atoms with Gasteiger partial charge in [-0.1, -0.05) is 57.9 Å². The molecule has 1 amide bonds. The van der Waals surface area contributed by atoms with Crippen LogP contribution < -0.4 is 5.32 Å². The largest absolute Gasteiger partial charge is 0.348 e. The van der Waals surface area contributed by atoms with E-state index < -0.39 is 0 Å². The van der Waals surface area contributed by atoms with Gasteiger partial charge in [-0.3, -0.25) is 4.79 Å². The van der Waals surface area contributed by atoms with E-state index in [2.05, 4.69) is 27.3 Å². The van der Waals surface area contributed by atoms with E-state index in [1.165, 1.54) is 5.56 Å². The van der Waals surface area contributed by atoms with E-state index in [4.69, 9.17) is 11.6 Å². The first-order valence-corrected chi connectivity index (χ1v) is 7.78. The van der Waals surface area contributed by atoms with Crippen molar-refractivity contribution >= 4 is 33.4 Å². The van der Waals surface area contributed by atoms with Crippen LogP contribution in [0.5, 0.6) is 0 Å². The van der Waals surface area contributed by atoms with E-state index in [9.17, 15) is 4.79 Å². The zero-order valence-corrected chi connectivity index (χ0v) is 13.5. The Morgan fingerprint density at radius 2 is 1.95 bits per heavy atom. The van der Waals surface area contributed by atoms with Gasteiger partial charge >= 0.3 is 0 Å². The summed E-state index contributed by atoms with van der Waals surface area (Å²) >= 11 is 9.45. The summed E-state index contributed by atoms with van der Waals surface area (Å²) in [5.41, 5.74) is 3.81. The molecule has 0 aliphatic carbocycles. The Labute approximate surface area is 132 Å². The van der Waals surface area contributed by atoms with Crippen LogP contribution in [0.15, 0.2) is 42.5 Å². The summed E-state index contributed by atoms with van der Waals surface area (Å²) in [6.45, 7) is 2.42. The Kier molecular flexibility index (Phi) is 5.21. The van der Waals surface area contributed by atoms with E-state index in [0.717, 1.165) is 16.5 Å². The van der Waals surface area contributed by atoms with Gasteiger partial charge in [0.15, 0.2) is 0 Å². The number of amides is 1. The van der Waals surface area contributed by atoms with Crippen LogP contribution in [0.1, 0.15) is 27.0 Å². The average Bonchev–Trinajstić information content (AvgIpc) is 2.47. The molecule has 0 unspecified atom stereocenters. The first-order valence-electron chi connectivity index (χ1n) is 6.28. The van der Waals surface area contributed by atoms with Gasteiger partial charge in [-0.05, 0) is 35.7 Å². The smallest absolute Gasteiger partial charge is 0.251 e. The predicted molar refractivity (Wildman–Crippen MR) is 86.4 cm³/mol. The Morgan fingerprint density at radius 3 is 2.65 bits per heavy atom. The third kappa shape index (κ3) is 3.84. The number of hydrogen-bond acceptors (Lipinski definition) is 1. The molecule has 0 spiro atoms. The van der Waals surface area contributed by atoms with Gasteiger partial charge in [-0.2, -0.15) is 0 Å². The third-order valence-corrected chi connectivity index (χ3v) is 4.09. The summed E-state index contributed by atoms with van der Waals surface area (Å²) in [4.78, 5) is 12.1. The Morgan fingerprint density at radius 1 is 1.20 bits per heavy atom. The lowest BCUT2D eigenvalue weighted by molar-refractivity contribution is 0.0951. The lowest BCUT2D eigenvalue weighted by atomic mass is 10.1. The SMILES string of the molecule is Cc1ccc(C(=O)NCc2cccc(CBr)c2)cc1Cl. The Hall–Kier alpha value is -1.32. The molecule has 2 aromatic rings. The third-order valence-electron chi connectivity index (χ3n) is 3.03. The predicted octanol–water partition coefficient (Wildman–Crippen LogP) is 4.47. The van der Waals surface area contributed by atoms with Crippen molar-refractivity contribution in [3.05, 3.63) is 69.7 Å². The van der Waals surface area contributed by atoms with Gasteiger partial charge in [-0.15, -0.1) is 0 Å². The molecular weight excluding hydrogens is 338 g/mol. The van der Waals surface area contributed by atoms with Crippen molar-refractivity contribution in [3.8, 4) is 0 Å². The highest BCUT2D eigenvalue weighted by molar-refractivity contribution is 9.08. The van der Waals surface area contributed by atoms with Crippen molar-refractivity contribution in [2.45, 2.75) is 18.8 Å². The number of aryl methyl sites for hydroxylation is 1. The number of carbonyl (C=O) groups excluding carboxylic acids is 1. The van der Waals surface area contributed by atoms with Crippen LogP contribution in [0, 0.1) is 6.92 Å². The second-order valence-electron chi connectivity index (χ2n) is 4.60. The molecule has 104 valence electrons. The first kappa shape index (κ1) is 15.1. The van der Waals surface area contributed by atoms with Gasteiger partial charge in [0.2, 0.25) is 0 Å². The molecule has 1 N–H and O–H groups in total. The van der Waals surface area contributed by atoms with Crippen molar-refractivity contribution in [2.75, 3.05) is 0 Å². The maximum Gasteiger partial charge on any atom is 0.251 e. The molecule has 0 radical (unpaired) electrons. The molecule has 0 heterocycles. The highest BCUT2D eigenvalue weighted by Crippen LogP contribution is 2.16. The molecule has 0 aliphatic rings. The number of rotatable bonds is 4. The molecule has 4 heteroatoms. The molecule has 0 saturated heterocycles. The second kappa shape index (κ2) is 6.91. The van der Waals surface area contributed by atoms with Crippen molar-refractivity contribution < 1.29 is 4.79 Å². The van der Waals surface area contributed by atoms with Gasteiger partial charge in [0.05, 0.1) is 0 Å². The molecule has 2 aromatic carbocycles. The molecule has 20 heavy (non-hydrogen) atoms. The standard InChI is InChI=1S/C16H15BrClNO/c1-11-5-6-14(8-15(11)18)16(20)19-10-13-4-2-3-12(7-13)9-17/h2-8H,9-10H2,1H3,(H,19,20). The lowest BCUT2D eigenvalue weighted by Crippen LogP contribution is -2.22. The summed E-state index contributed by atoms with van der Waals surface area (Å²) < 4.78 is 0. The minimum atomic E-state index is -0.115. The summed E-state index contributed by atoms with van der Waals surface area (Å²) in [5, 5.41) is 4.32. The fourth-order valence-corrected chi connectivity index (χ4v) is 2.37. The molecule has 0 bridgehead atoms. The summed E-state index contributed by atoms with van der Waals surface area (Å²) in [5.74, 6) is -0.115. The molecule has 0 atom stereocenters. The normalized spacial score (nSPS) is 10.3. The molecule has 0 fully saturated rings. The minimum absolute atomic E-state index is 0.115. The fraction of sp³-hybridized carbons (Fsp3) is 0.188. The van der Waals surface area contributed by atoms with Crippen LogP contribution in [0.2, 0.25) is 5.02 Å².